The third-order valence-electron chi connectivity index (χ3n) is 7.25. The number of hydrogen-bond acceptors (Lipinski definition) is 8. The van der Waals surface area contributed by atoms with E-state index < -0.39 is 47.4 Å². The van der Waals surface area contributed by atoms with Crippen LogP contribution >= 0.6 is 15.9 Å². The Balaban J connectivity index is 1.71. The van der Waals surface area contributed by atoms with Crippen LogP contribution < -0.4 is 4.74 Å². The number of phenolic OH excluding ortho intramolecular Hbond substituents is 1. The van der Waals surface area contributed by atoms with Gasteiger partial charge in [-0.05, 0) is 40.8 Å². The molecule has 3 aliphatic carbocycles. The predicted octanol–water partition coefficient (Wildman–Crippen LogP) is 2.93. The average molecular weight is 542 g/mol. The standard InChI is InChI=1S/C25H20BrNO8/c1-34-17-5-3-4-11(22(17)30)18-10-6-7-12-19(24(32)27(23(12)31)25(33)35-2)13(10)8-14-20(18)16(28)9-15(26)21(14)29/h3-6,9,12-13,18-19,30H,7-8H2,1-2H3/t12-,13+,18+,19-/m0/s1. The van der Waals surface area contributed by atoms with Gasteiger partial charge in [-0.15, -0.1) is 0 Å². The number of phenols is 1. The van der Waals surface area contributed by atoms with Gasteiger partial charge < -0.3 is 14.6 Å². The van der Waals surface area contributed by atoms with Crippen molar-refractivity contribution in [3.63, 3.8) is 0 Å². The molecule has 1 N–H and O–H groups in total. The summed E-state index contributed by atoms with van der Waals surface area (Å²) in [6.07, 6.45) is 2.16. The van der Waals surface area contributed by atoms with Gasteiger partial charge in [-0.2, -0.15) is 4.90 Å². The number of aromatic hydroxyl groups is 1. The first kappa shape index (κ1) is 23.2. The van der Waals surface area contributed by atoms with Crippen molar-refractivity contribution in [2.75, 3.05) is 14.2 Å². The lowest BCUT2D eigenvalue weighted by atomic mass is 9.59. The van der Waals surface area contributed by atoms with Gasteiger partial charge in [-0.25, -0.2) is 4.79 Å². The van der Waals surface area contributed by atoms with Crippen LogP contribution in [0.5, 0.6) is 11.5 Å². The first-order valence-electron chi connectivity index (χ1n) is 10.9. The maximum atomic E-state index is 13.3. The fourth-order valence-electron chi connectivity index (χ4n) is 5.77. The molecule has 180 valence electrons. The van der Waals surface area contributed by atoms with Crippen LogP contribution in [-0.2, 0) is 23.9 Å². The van der Waals surface area contributed by atoms with Crippen LogP contribution in [-0.4, -0.2) is 53.7 Å². The van der Waals surface area contributed by atoms with Gasteiger partial charge in [-0.3, -0.25) is 19.2 Å². The number of para-hydroxylation sites is 1. The van der Waals surface area contributed by atoms with E-state index >= 15 is 0 Å². The number of benzene rings is 1. The fraction of sp³-hybridized carbons (Fsp3) is 0.320. The Labute approximate surface area is 208 Å². The molecule has 0 unspecified atom stereocenters. The summed E-state index contributed by atoms with van der Waals surface area (Å²) in [6.45, 7) is 0. The first-order valence-corrected chi connectivity index (χ1v) is 11.7. The smallest absolute Gasteiger partial charge is 0.423 e. The molecule has 3 amide bonds. The molecule has 0 radical (unpaired) electrons. The maximum absolute atomic E-state index is 13.3. The number of nitrogens with zero attached hydrogens (tertiary/aromatic N) is 1. The van der Waals surface area contributed by atoms with Crippen LogP contribution in [0.2, 0.25) is 0 Å². The number of methoxy groups -OCH3 is 2. The van der Waals surface area contributed by atoms with Crippen molar-refractivity contribution in [2.24, 2.45) is 17.8 Å². The van der Waals surface area contributed by atoms with Crippen LogP contribution in [0.15, 0.2) is 51.6 Å². The van der Waals surface area contributed by atoms with Crippen molar-refractivity contribution in [1.82, 2.24) is 4.90 Å². The summed E-state index contributed by atoms with van der Waals surface area (Å²) in [7, 11) is 2.49. The Morgan fingerprint density at radius 2 is 1.86 bits per heavy atom. The van der Waals surface area contributed by atoms with Gasteiger partial charge in [0.05, 0.1) is 30.5 Å². The normalized spacial score (nSPS) is 27.7. The molecule has 10 heteroatoms. The number of carbonyl (C=O) groups is 5. The molecule has 0 spiro atoms. The highest BCUT2D eigenvalue weighted by atomic mass is 79.9. The summed E-state index contributed by atoms with van der Waals surface area (Å²) in [6, 6.07) is 4.86. The Kier molecular flexibility index (Phi) is 5.51. The molecule has 4 aliphatic rings. The number of fused-ring (bicyclic) bond motifs is 3. The summed E-state index contributed by atoms with van der Waals surface area (Å²) in [5.74, 6) is -5.26. The van der Waals surface area contributed by atoms with Crippen LogP contribution in [0.25, 0.3) is 0 Å². The number of allylic oxidation sites excluding steroid dienone is 6. The summed E-state index contributed by atoms with van der Waals surface area (Å²) in [5, 5.41) is 11.0. The summed E-state index contributed by atoms with van der Waals surface area (Å²) in [4.78, 5) is 65.3. The van der Waals surface area contributed by atoms with Gasteiger partial charge in [-0.1, -0.05) is 23.8 Å². The molecule has 5 rings (SSSR count). The van der Waals surface area contributed by atoms with Crippen molar-refractivity contribution in [1.29, 1.82) is 0 Å². The van der Waals surface area contributed by atoms with Gasteiger partial charge >= 0.3 is 6.09 Å². The van der Waals surface area contributed by atoms with Crippen LogP contribution in [0.4, 0.5) is 4.79 Å². The van der Waals surface area contributed by atoms with Gasteiger partial charge in [0.25, 0.3) is 0 Å². The molecule has 0 saturated carbocycles. The maximum Gasteiger partial charge on any atom is 0.423 e. The molecule has 1 fully saturated rings. The third-order valence-corrected chi connectivity index (χ3v) is 7.84. The molecule has 1 aromatic rings. The predicted molar refractivity (Wildman–Crippen MR) is 123 cm³/mol. The second kappa shape index (κ2) is 8.30. The second-order valence-corrected chi connectivity index (χ2v) is 9.63. The van der Waals surface area contributed by atoms with E-state index in [0.29, 0.717) is 16.0 Å². The number of halogens is 1. The number of likely N-dealkylation sites (tertiary alicyclic amines) is 1. The Morgan fingerprint density at radius 3 is 2.54 bits per heavy atom. The lowest BCUT2D eigenvalue weighted by molar-refractivity contribution is -0.137. The zero-order valence-electron chi connectivity index (χ0n) is 18.7. The van der Waals surface area contributed by atoms with E-state index in [1.165, 1.54) is 13.2 Å². The minimum atomic E-state index is -1.05. The minimum Gasteiger partial charge on any atom is -0.504 e. The summed E-state index contributed by atoms with van der Waals surface area (Å²) >= 11 is 3.16. The molecule has 1 aliphatic heterocycles. The quantitative estimate of drug-likeness (QED) is 0.344. The number of carbonyl (C=O) groups excluding carboxylic acids is 5. The molecule has 1 heterocycles. The topological polar surface area (TPSA) is 127 Å². The van der Waals surface area contributed by atoms with Gasteiger partial charge in [0, 0.05) is 28.7 Å². The number of ketones is 2. The number of amides is 3. The molecular formula is C25H20BrNO8. The number of ether oxygens (including phenoxy) is 2. The van der Waals surface area contributed by atoms with Crippen molar-refractivity contribution >= 4 is 45.4 Å². The van der Waals surface area contributed by atoms with Gasteiger partial charge in [0.15, 0.2) is 23.1 Å². The van der Waals surface area contributed by atoms with Crippen molar-refractivity contribution in [2.45, 2.75) is 18.8 Å². The highest BCUT2D eigenvalue weighted by Crippen LogP contribution is 2.56. The van der Waals surface area contributed by atoms with E-state index in [1.807, 2.05) is 0 Å². The van der Waals surface area contributed by atoms with E-state index in [1.54, 1.807) is 24.3 Å². The molecule has 0 aromatic heterocycles. The molecule has 35 heavy (non-hydrogen) atoms. The van der Waals surface area contributed by atoms with E-state index in [9.17, 15) is 29.1 Å². The van der Waals surface area contributed by atoms with E-state index in [2.05, 4.69) is 20.7 Å². The van der Waals surface area contributed by atoms with Gasteiger partial charge in [0.1, 0.15) is 0 Å². The van der Waals surface area contributed by atoms with Gasteiger partial charge in [0.2, 0.25) is 11.8 Å². The largest absolute Gasteiger partial charge is 0.504 e. The second-order valence-electron chi connectivity index (χ2n) is 8.77. The fourth-order valence-corrected chi connectivity index (χ4v) is 6.22. The molecule has 4 atom stereocenters. The number of rotatable bonds is 2. The SMILES string of the molecule is COC(=O)N1C(=O)[C@H]2[C@H](CC=C3[C@H](c4cccc(OC)c4O)C4=C(C[C@H]32)C(=O)C(Br)=CC4=O)C1=O. The van der Waals surface area contributed by atoms with E-state index in [0.717, 1.165) is 7.11 Å². The number of Topliss-reactive ketones (excluding diaryl/α,β-unsaturated/α-hetero) is 1. The first-order chi connectivity index (χ1) is 16.7. The lowest BCUT2D eigenvalue weighted by Crippen LogP contribution is -2.40. The summed E-state index contributed by atoms with van der Waals surface area (Å²) in [5.41, 5.74) is 1.44. The highest BCUT2D eigenvalue weighted by Gasteiger charge is 2.58. The molecule has 1 aromatic carbocycles. The Hall–Kier alpha value is -3.53. The Morgan fingerprint density at radius 1 is 1.11 bits per heavy atom. The number of hydrogen-bond donors (Lipinski definition) is 1. The van der Waals surface area contributed by atoms with Crippen LogP contribution in [0, 0.1) is 17.8 Å². The van der Waals surface area contributed by atoms with Crippen molar-refractivity contribution in [3.8, 4) is 11.5 Å². The van der Waals surface area contributed by atoms with Crippen molar-refractivity contribution in [3.05, 3.63) is 57.1 Å². The summed E-state index contributed by atoms with van der Waals surface area (Å²) < 4.78 is 9.99. The highest BCUT2D eigenvalue weighted by molar-refractivity contribution is 9.12. The molecule has 0 bridgehead atoms. The zero-order chi connectivity index (χ0) is 25.2. The lowest BCUT2D eigenvalue weighted by Gasteiger charge is -2.42. The number of imide groups is 3. The van der Waals surface area contributed by atoms with Crippen LogP contribution in [0.3, 0.4) is 0 Å². The third kappa shape index (κ3) is 3.23. The van der Waals surface area contributed by atoms with E-state index in [4.69, 9.17) is 4.74 Å². The zero-order valence-corrected chi connectivity index (χ0v) is 20.3. The van der Waals surface area contributed by atoms with Crippen LogP contribution in [0.1, 0.15) is 24.3 Å². The molecule has 9 nitrogen and oxygen atoms in total. The average Bonchev–Trinajstić information content (AvgIpc) is 3.11. The molecule has 1 saturated heterocycles. The Bertz CT molecular complexity index is 1320. The van der Waals surface area contributed by atoms with E-state index in [-0.39, 0.29) is 45.8 Å². The minimum absolute atomic E-state index is 0.0467. The monoisotopic (exact) mass is 541 g/mol. The molecular weight excluding hydrogens is 522 g/mol. The van der Waals surface area contributed by atoms with Crippen molar-refractivity contribution < 1.29 is 38.6 Å².